The molecule has 0 spiro atoms. The number of hydrogen-bond donors (Lipinski definition) is 3. The Morgan fingerprint density at radius 1 is 1.30 bits per heavy atom. The van der Waals surface area contributed by atoms with Crippen molar-refractivity contribution in [2.75, 3.05) is 39.3 Å². The fourth-order valence-corrected chi connectivity index (χ4v) is 3.69. The molecule has 126 valence electrons. The van der Waals surface area contributed by atoms with Crippen LogP contribution in [0.5, 0.6) is 5.75 Å². The lowest BCUT2D eigenvalue weighted by molar-refractivity contribution is -1.02. The lowest BCUT2D eigenvalue weighted by Crippen LogP contribution is -3.29. The third-order valence-electron chi connectivity index (χ3n) is 5.16. The molecule has 0 radical (unpaired) electrons. The van der Waals surface area contributed by atoms with E-state index in [1.807, 2.05) is 13.8 Å². The lowest BCUT2D eigenvalue weighted by atomic mass is 10.1. The van der Waals surface area contributed by atoms with Crippen molar-refractivity contribution in [2.45, 2.75) is 32.9 Å². The number of likely N-dealkylation sites (N-methyl/N-ethyl adjacent to an activating group) is 1. The number of rotatable bonds is 5. The maximum atomic E-state index is 12.0. The Hall–Kier alpha value is -1.59. The Balaban J connectivity index is 1.50. The molecule has 0 bridgehead atoms. The first-order valence-electron chi connectivity index (χ1n) is 8.88. The zero-order valence-corrected chi connectivity index (χ0v) is 14.3. The van der Waals surface area contributed by atoms with Gasteiger partial charge in [0.15, 0.2) is 6.04 Å². The Bertz CT molecular complexity index is 553. The molecule has 3 N–H and O–H groups in total. The van der Waals surface area contributed by atoms with Gasteiger partial charge in [0.25, 0.3) is 5.91 Å². The van der Waals surface area contributed by atoms with Crippen LogP contribution in [0.3, 0.4) is 0 Å². The monoisotopic (exact) mass is 319 g/mol. The highest BCUT2D eigenvalue weighted by atomic mass is 16.5. The van der Waals surface area contributed by atoms with Gasteiger partial charge >= 0.3 is 0 Å². The summed E-state index contributed by atoms with van der Waals surface area (Å²) in [6, 6.07) is 6.70. The topological polar surface area (TPSA) is 47.2 Å². The standard InChI is InChI=1S/C18H27N3O2/c1-3-19-18(22)14(2)21-9-7-20(8-10-21)13-15-4-5-17-16(12-15)6-11-23-17/h4-5,12,14H,3,6-11,13H2,1-2H3,(H,19,22)/p+2/t14-/m0/s1. The number of nitrogens with one attached hydrogen (secondary N) is 3. The Morgan fingerprint density at radius 3 is 2.83 bits per heavy atom. The van der Waals surface area contributed by atoms with E-state index in [0.717, 1.165) is 58.0 Å². The molecule has 1 saturated heterocycles. The van der Waals surface area contributed by atoms with E-state index in [-0.39, 0.29) is 11.9 Å². The third-order valence-corrected chi connectivity index (χ3v) is 5.16. The molecule has 1 atom stereocenters. The summed E-state index contributed by atoms with van der Waals surface area (Å²) in [5, 5.41) is 2.94. The minimum Gasteiger partial charge on any atom is -0.493 e. The predicted octanol–water partition coefficient (Wildman–Crippen LogP) is -1.57. The van der Waals surface area contributed by atoms with Crippen molar-refractivity contribution in [3.05, 3.63) is 29.3 Å². The number of carbonyl (C=O) groups excluding carboxylic acids is 1. The highest BCUT2D eigenvalue weighted by Crippen LogP contribution is 2.25. The minimum atomic E-state index is 0.0636. The zero-order chi connectivity index (χ0) is 16.2. The molecule has 23 heavy (non-hydrogen) atoms. The number of benzene rings is 1. The van der Waals surface area contributed by atoms with Gasteiger partial charge in [-0.3, -0.25) is 4.79 Å². The van der Waals surface area contributed by atoms with Gasteiger partial charge in [0.05, 0.1) is 6.61 Å². The highest BCUT2D eigenvalue weighted by molar-refractivity contribution is 5.79. The van der Waals surface area contributed by atoms with Crippen LogP contribution >= 0.6 is 0 Å². The number of hydrogen-bond acceptors (Lipinski definition) is 2. The molecule has 0 saturated carbocycles. The lowest BCUT2D eigenvalue weighted by Gasteiger charge is -2.32. The summed E-state index contributed by atoms with van der Waals surface area (Å²) in [5.41, 5.74) is 2.76. The van der Waals surface area contributed by atoms with Crippen LogP contribution in [0.4, 0.5) is 0 Å². The summed E-state index contributed by atoms with van der Waals surface area (Å²) in [5.74, 6) is 1.25. The first-order valence-corrected chi connectivity index (χ1v) is 8.88. The fraction of sp³-hybridized carbons (Fsp3) is 0.611. The Kier molecular flexibility index (Phi) is 5.18. The molecule has 2 heterocycles. The number of piperazine rings is 1. The van der Waals surface area contributed by atoms with Crippen LogP contribution in [-0.4, -0.2) is 51.3 Å². The van der Waals surface area contributed by atoms with E-state index in [0.29, 0.717) is 0 Å². The van der Waals surface area contributed by atoms with Gasteiger partial charge < -0.3 is 19.9 Å². The smallest absolute Gasteiger partial charge is 0.278 e. The highest BCUT2D eigenvalue weighted by Gasteiger charge is 2.30. The zero-order valence-electron chi connectivity index (χ0n) is 14.3. The van der Waals surface area contributed by atoms with Crippen molar-refractivity contribution in [1.29, 1.82) is 0 Å². The normalized spacial score (nSPS) is 24.6. The maximum absolute atomic E-state index is 12.0. The number of carbonyl (C=O) groups is 1. The van der Waals surface area contributed by atoms with Crippen molar-refractivity contribution in [3.8, 4) is 5.75 Å². The molecule has 1 aromatic carbocycles. The molecule has 5 nitrogen and oxygen atoms in total. The van der Waals surface area contributed by atoms with Gasteiger partial charge in [0.2, 0.25) is 0 Å². The molecule has 1 aromatic rings. The van der Waals surface area contributed by atoms with E-state index in [1.54, 1.807) is 4.90 Å². The van der Waals surface area contributed by atoms with Gasteiger partial charge in [-0.2, -0.15) is 0 Å². The Morgan fingerprint density at radius 2 is 2.09 bits per heavy atom. The van der Waals surface area contributed by atoms with Gasteiger partial charge in [-0.1, -0.05) is 0 Å². The molecule has 0 unspecified atom stereocenters. The number of quaternary nitrogens is 2. The van der Waals surface area contributed by atoms with Crippen LogP contribution in [0.15, 0.2) is 18.2 Å². The molecule has 1 fully saturated rings. The van der Waals surface area contributed by atoms with Gasteiger partial charge in [-0.05, 0) is 37.6 Å². The minimum absolute atomic E-state index is 0.0636. The Labute approximate surface area is 138 Å². The molecule has 2 aliphatic heterocycles. The molecule has 2 aliphatic rings. The van der Waals surface area contributed by atoms with Crippen molar-refractivity contribution < 1.29 is 19.3 Å². The molecule has 0 aromatic heterocycles. The van der Waals surface area contributed by atoms with E-state index >= 15 is 0 Å². The first-order chi connectivity index (χ1) is 11.2. The van der Waals surface area contributed by atoms with E-state index in [4.69, 9.17) is 4.74 Å². The maximum Gasteiger partial charge on any atom is 0.278 e. The second-order valence-corrected chi connectivity index (χ2v) is 6.74. The van der Waals surface area contributed by atoms with Crippen LogP contribution in [0.2, 0.25) is 0 Å². The molecule has 1 amide bonds. The van der Waals surface area contributed by atoms with E-state index in [1.165, 1.54) is 16.0 Å². The largest absolute Gasteiger partial charge is 0.493 e. The fourth-order valence-electron chi connectivity index (χ4n) is 3.69. The van der Waals surface area contributed by atoms with Crippen LogP contribution in [0.25, 0.3) is 0 Å². The molecule has 3 rings (SSSR count). The quantitative estimate of drug-likeness (QED) is 0.614. The molecule has 0 aliphatic carbocycles. The predicted molar refractivity (Wildman–Crippen MR) is 88.9 cm³/mol. The number of amides is 1. The van der Waals surface area contributed by atoms with E-state index in [2.05, 4.69) is 23.5 Å². The van der Waals surface area contributed by atoms with Gasteiger partial charge in [0.1, 0.15) is 38.5 Å². The van der Waals surface area contributed by atoms with Crippen molar-refractivity contribution in [2.24, 2.45) is 0 Å². The first kappa shape index (κ1) is 16.3. The summed E-state index contributed by atoms with van der Waals surface area (Å²) < 4.78 is 5.58. The SMILES string of the molecule is CCNC(=O)[C@H](C)[NH+]1CC[NH+](Cc2ccc3c(c2)CCO3)CC1. The van der Waals surface area contributed by atoms with E-state index < -0.39 is 0 Å². The summed E-state index contributed by atoms with van der Waals surface area (Å²) in [4.78, 5) is 15.0. The summed E-state index contributed by atoms with van der Waals surface area (Å²) in [7, 11) is 0. The van der Waals surface area contributed by atoms with Gasteiger partial charge in [-0.25, -0.2) is 0 Å². The van der Waals surface area contributed by atoms with Crippen LogP contribution in [0, 0.1) is 0 Å². The average molecular weight is 319 g/mol. The number of ether oxygens (including phenoxy) is 1. The summed E-state index contributed by atoms with van der Waals surface area (Å²) in [6.07, 6.45) is 1.04. The van der Waals surface area contributed by atoms with Gasteiger partial charge in [-0.15, -0.1) is 0 Å². The second-order valence-electron chi connectivity index (χ2n) is 6.74. The van der Waals surface area contributed by atoms with Crippen molar-refractivity contribution in [1.82, 2.24) is 5.32 Å². The molecular formula is C18H29N3O2+2. The van der Waals surface area contributed by atoms with E-state index in [9.17, 15) is 4.79 Å². The number of fused-ring (bicyclic) bond motifs is 1. The van der Waals surface area contributed by atoms with Crippen molar-refractivity contribution >= 4 is 5.91 Å². The second kappa shape index (κ2) is 7.32. The average Bonchev–Trinajstić information content (AvgIpc) is 3.03. The van der Waals surface area contributed by atoms with Crippen LogP contribution in [0.1, 0.15) is 25.0 Å². The summed E-state index contributed by atoms with van der Waals surface area (Å²) in [6.45, 7) is 11.1. The van der Waals surface area contributed by atoms with Crippen LogP contribution in [-0.2, 0) is 17.8 Å². The molecular weight excluding hydrogens is 290 g/mol. The third kappa shape index (κ3) is 3.85. The van der Waals surface area contributed by atoms with Crippen LogP contribution < -0.4 is 19.9 Å². The molecule has 5 heteroatoms. The van der Waals surface area contributed by atoms with Gasteiger partial charge in [0, 0.05) is 18.5 Å². The summed E-state index contributed by atoms with van der Waals surface area (Å²) >= 11 is 0. The van der Waals surface area contributed by atoms with Crippen molar-refractivity contribution in [3.63, 3.8) is 0 Å².